The minimum Gasteiger partial charge on any atom is -0.508 e. The zero-order valence-electron chi connectivity index (χ0n) is 22.1. The zero-order chi connectivity index (χ0) is 25.6. The molecule has 0 atom stereocenters. The van der Waals surface area contributed by atoms with Crippen molar-refractivity contribution in [2.24, 2.45) is 5.73 Å². The molecule has 0 heterocycles. The van der Waals surface area contributed by atoms with E-state index >= 15 is 0 Å². The molecule has 0 unspecified atom stereocenters. The van der Waals surface area contributed by atoms with Gasteiger partial charge in [-0.25, -0.2) is 0 Å². The Labute approximate surface area is 213 Å². The number of nitrogens with zero attached hydrogens (tertiary/aromatic N) is 1. The number of primary amides is 1. The van der Waals surface area contributed by atoms with Crippen LogP contribution in [0.15, 0.2) is 24.3 Å². The predicted molar refractivity (Wildman–Crippen MR) is 144 cm³/mol. The third-order valence-corrected chi connectivity index (χ3v) is 6.46. The maximum atomic E-state index is 12.1. The number of amides is 2. The van der Waals surface area contributed by atoms with Crippen molar-refractivity contribution in [3.8, 4) is 11.5 Å². The number of benzene rings is 1. The number of aromatic hydroxyl groups is 1. The minimum atomic E-state index is -0.835. The molecular weight excluding hydrogens is 440 g/mol. The van der Waals surface area contributed by atoms with Gasteiger partial charge in [-0.3, -0.25) is 9.59 Å². The summed E-state index contributed by atoms with van der Waals surface area (Å²) >= 11 is 0. The molecule has 6 nitrogen and oxygen atoms in total. The highest BCUT2D eigenvalue weighted by atomic mass is 16.5. The topological polar surface area (TPSA) is 92.9 Å². The van der Waals surface area contributed by atoms with E-state index in [1.807, 2.05) is 0 Å². The number of phenolic OH excluding ortho intramolecular Hbond substituents is 1. The highest BCUT2D eigenvalue weighted by molar-refractivity contribution is 6.34. The van der Waals surface area contributed by atoms with Gasteiger partial charge in [0, 0.05) is 13.1 Å². The van der Waals surface area contributed by atoms with Gasteiger partial charge in [-0.2, -0.15) is 0 Å². The van der Waals surface area contributed by atoms with Crippen LogP contribution in [0.2, 0.25) is 0 Å². The van der Waals surface area contributed by atoms with Crippen molar-refractivity contribution in [1.82, 2.24) is 4.90 Å². The smallest absolute Gasteiger partial charge is 0.311 e. The van der Waals surface area contributed by atoms with Gasteiger partial charge in [-0.1, -0.05) is 96.8 Å². The van der Waals surface area contributed by atoms with E-state index in [4.69, 9.17) is 10.5 Å². The van der Waals surface area contributed by atoms with Crippen molar-refractivity contribution >= 4 is 11.8 Å². The molecule has 1 rings (SSSR count). The second-order valence-corrected chi connectivity index (χ2v) is 9.66. The standard InChI is InChI=1S/C29H50N2O4/c1-2-3-4-5-6-10-13-16-23-31(29(34)28(30)33)24-17-14-11-8-7-9-12-15-18-25-35-27-21-19-26(32)20-22-27/h19-22,32H,2-18,23-25H2,1H3,(H2,30,33). The predicted octanol–water partition coefficient (Wildman–Crippen LogP) is 6.74. The largest absolute Gasteiger partial charge is 0.508 e. The second kappa shape index (κ2) is 21.1. The zero-order valence-corrected chi connectivity index (χ0v) is 22.1. The molecule has 0 fully saturated rings. The second-order valence-electron chi connectivity index (χ2n) is 9.66. The monoisotopic (exact) mass is 490 g/mol. The summed E-state index contributed by atoms with van der Waals surface area (Å²) in [5.41, 5.74) is 5.25. The van der Waals surface area contributed by atoms with E-state index in [1.165, 1.54) is 77.0 Å². The molecule has 0 aliphatic rings. The van der Waals surface area contributed by atoms with Crippen LogP contribution >= 0.6 is 0 Å². The first-order valence-corrected chi connectivity index (χ1v) is 14.0. The number of hydrogen-bond donors (Lipinski definition) is 2. The summed E-state index contributed by atoms with van der Waals surface area (Å²) in [6, 6.07) is 6.85. The Hall–Kier alpha value is -2.24. The van der Waals surface area contributed by atoms with Crippen LogP contribution < -0.4 is 10.5 Å². The molecule has 0 saturated carbocycles. The summed E-state index contributed by atoms with van der Waals surface area (Å²) in [7, 11) is 0. The summed E-state index contributed by atoms with van der Waals surface area (Å²) in [4.78, 5) is 25.2. The van der Waals surface area contributed by atoms with Crippen molar-refractivity contribution in [3.05, 3.63) is 24.3 Å². The van der Waals surface area contributed by atoms with Crippen molar-refractivity contribution in [2.45, 2.75) is 116 Å². The molecule has 200 valence electrons. The molecule has 0 radical (unpaired) electrons. The van der Waals surface area contributed by atoms with Crippen molar-refractivity contribution in [1.29, 1.82) is 0 Å². The van der Waals surface area contributed by atoms with E-state index in [9.17, 15) is 14.7 Å². The molecule has 35 heavy (non-hydrogen) atoms. The first-order chi connectivity index (χ1) is 17.0. The molecule has 6 heteroatoms. The maximum Gasteiger partial charge on any atom is 0.311 e. The number of nitrogens with two attached hydrogens (primary N) is 1. The average molecular weight is 491 g/mol. The van der Waals surface area contributed by atoms with E-state index in [0.29, 0.717) is 19.7 Å². The van der Waals surface area contributed by atoms with Gasteiger partial charge in [0.15, 0.2) is 0 Å². The van der Waals surface area contributed by atoms with E-state index < -0.39 is 11.8 Å². The molecule has 1 aromatic rings. The highest BCUT2D eigenvalue weighted by Gasteiger charge is 2.17. The Balaban J connectivity index is 1.99. The Morgan fingerprint density at radius 3 is 1.60 bits per heavy atom. The number of phenols is 1. The van der Waals surface area contributed by atoms with E-state index in [0.717, 1.165) is 37.9 Å². The fourth-order valence-corrected chi connectivity index (χ4v) is 4.28. The fraction of sp³-hybridized carbons (Fsp3) is 0.724. The molecule has 0 aromatic heterocycles. The SMILES string of the molecule is CCCCCCCCCCN(CCCCCCCCCCCOc1ccc(O)cc1)C(=O)C(N)=O. The maximum absolute atomic E-state index is 12.1. The number of carbonyl (C=O) groups is 2. The van der Waals surface area contributed by atoms with Crippen LogP contribution in [0.3, 0.4) is 0 Å². The lowest BCUT2D eigenvalue weighted by Crippen LogP contribution is -2.41. The summed E-state index contributed by atoms with van der Waals surface area (Å²) in [6.07, 6.45) is 20.0. The van der Waals surface area contributed by atoms with E-state index in [1.54, 1.807) is 29.2 Å². The first-order valence-electron chi connectivity index (χ1n) is 14.0. The van der Waals surface area contributed by atoms with Crippen molar-refractivity contribution in [3.63, 3.8) is 0 Å². The van der Waals surface area contributed by atoms with Crippen LogP contribution in [-0.4, -0.2) is 41.5 Å². The normalized spacial score (nSPS) is 10.9. The Morgan fingerprint density at radius 1 is 0.714 bits per heavy atom. The van der Waals surface area contributed by atoms with Gasteiger partial charge in [-0.05, 0) is 43.5 Å². The summed E-state index contributed by atoms with van der Waals surface area (Å²) < 4.78 is 5.67. The molecule has 0 aliphatic carbocycles. The average Bonchev–Trinajstić information content (AvgIpc) is 2.85. The molecule has 0 bridgehead atoms. The lowest BCUT2D eigenvalue weighted by Gasteiger charge is -2.21. The highest BCUT2D eigenvalue weighted by Crippen LogP contribution is 2.17. The van der Waals surface area contributed by atoms with Gasteiger partial charge in [-0.15, -0.1) is 0 Å². The van der Waals surface area contributed by atoms with Crippen LogP contribution in [0, 0.1) is 0 Å². The molecular formula is C29H50N2O4. The Bertz CT molecular complexity index is 663. The number of carbonyl (C=O) groups excluding carboxylic acids is 2. The quantitative estimate of drug-likeness (QED) is 0.139. The van der Waals surface area contributed by atoms with Crippen molar-refractivity contribution < 1.29 is 19.4 Å². The van der Waals surface area contributed by atoms with Gasteiger partial charge in [0.25, 0.3) is 0 Å². The molecule has 1 aromatic carbocycles. The number of rotatable bonds is 22. The fourth-order valence-electron chi connectivity index (χ4n) is 4.28. The Kier molecular flexibility index (Phi) is 18.5. The van der Waals surface area contributed by atoms with Gasteiger partial charge in [0.1, 0.15) is 11.5 Å². The van der Waals surface area contributed by atoms with Crippen LogP contribution in [0.25, 0.3) is 0 Å². The number of hydrogen-bond acceptors (Lipinski definition) is 4. The summed E-state index contributed by atoms with van der Waals surface area (Å²) in [6.45, 7) is 4.22. The van der Waals surface area contributed by atoms with E-state index in [-0.39, 0.29) is 5.75 Å². The van der Waals surface area contributed by atoms with Gasteiger partial charge < -0.3 is 20.5 Å². The van der Waals surface area contributed by atoms with Crippen molar-refractivity contribution in [2.75, 3.05) is 19.7 Å². The van der Waals surface area contributed by atoms with Gasteiger partial charge in [0.05, 0.1) is 6.61 Å². The van der Waals surface area contributed by atoms with Gasteiger partial charge >= 0.3 is 11.8 Å². The van der Waals surface area contributed by atoms with Crippen LogP contribution in [-0.2, 0) is 9.59 Å². The van der Waals surface area contributed by atoms with E-state index in [2.05, 4.69) is 6.92 Å². The third-order valence-electron chi connectivity index (χ3n) is 6.46. The van der Waals surface area contributed by atoms with Crippen LogP contribution in [0.1, 0.15) is 116 Å². The molecule has 2 amide bonds. The third kappa shape index (κ3) is 16.9. The molecule has 3 N–H and O–H groups in total. The first kappa shape index (κ1) is 30.8. The summed E-state index contributed by atoms with van der Waals surface area (Å²) in [5, 5.41) is 9.27. The summed E-state index contributed by atoms with van der Waals surface area (Å²) in [5.74, 6) is -0.301. The minimum absolute atomic E-state index is 0.257. The van der Waals surface area contributed by atoms with Crippen LogP contribution in [0.4, 0.5) is 0 Å². The van der Waals surface area contributed by atoms with Gasteiger partial charge in [0.2, 0.25) is 0 Å². The van der Waals surface area contributed by atoms with Crippen LogP contribution in [0.5, 0.6) is 11.5 Å². The lowest BCUT2D eigenvalue weighted by molar-refractivity contribution is -0.144. The molecule has 0 aliphatic heterocycles. The lowest BCUT2D eigenvalue weighted by atomic mass is 10.1. The molecule has 0 spiro atoms. The Morgan fingerprint density at radius 2 is 1.14 bits per heavy atom. The molecule has 0 saturated heterocycles. The number of ether oxygens (including phenoxy) is 1. The number of unbranched alkanes of at least 4 members (excludes halogenated alkanes) is 15.